The fourth-order valence-corrected chi connectivity index (χ4v) is 9.68. The van der Waals surface area contributed by atoms with E-state index in [-0.39, 0.29) is 0 Å². The maximum Gasteiger partial charge on any atom is 0.164 e. The third-order valence-electron chi connectivity index (χ3n) is 11.5. The molecule has 0 radical (unpaired) electrons. The number of hydrogen-bond donors (Lipinski definition) is 0. The summed E-state index contributed by atoms with van der Waals surface area (Å²) in [7, 11) is 0. The molecule has 12 aromatic rings. The number of benzene rings is 8. The summed E-state index contributed by atoms with van der Waals surface area (Å²) in [5.74, 6) is 2.36. The van der Waals surface area contributed by atoms with Crippen LogP contribution in [0.5, 0.6) is 0 Å². The molecule has 0 unspecified atom stereocenters. The highest BCUT2D eigenvalue weighted by molar-refractivity contribution is 7.26. The maximum absolute atomic E-state index is 5.50. The van der Waals surface area contributed by atoms with Gasteiger partial charge < -0.3 is 4.57 Å². The van der Waals surface area contributed by atoms with Crippen LogP contribution in [0.15, 0.2) is 206 Å². The van der Waals surface area contributed by atoms with E-state index in [9.17, 15) is 0 Å². The first kappa shape index (κ1) is 35.8. The van der Waals surface area contributed by atoms with E-state index in [0.717, 1.165) is 77.0 Å². The molecule has 4 aromatic heterocycles. The number of fused-ring (bicyclic) bond motifs is 6. The van der Waals surface area contributed by atoms with Gasteiger partial charge in [0, 0.05) is 48.7 Å². The quantitative estimate of drug-likeness (QED) is 0.160. The summed E-state index contributed by atoms with van der Waals surface area (Å²) in [6, 6.07) is 71.5. The fourth-order valence-electron chi connectivity index (χ4n) is 8.53. The average Bonchev–Trinajstić information content (AvgIpc) is 3.90. The number of thiophene rings is 1. The number of rotatable bonds is 7. The zero-order valence-corrected chi connectivity index (χ0v) is 34.0. The molecule has 8 aromatic carbocycles. The van der Waals surface area contributed by atoms with Crippen LogP contribution >= 0.6 is 11.3 Å². The zero-order valence-electron chi connectivity index (χ0n) is 33.2. The maximum atomic E-state index is 5.50. The van der Waals surface area contributed by atoms with Gasteiger partial charge in [0.2, 0.25) is 0 Å². The van der Waals surface area contributed by atoms with E-state index < -0.39 is 0 Å². The Morgan fingerprint density at radius 1 is 0.339 bits per heavy atom. The van der Waals surface area contributed by atoms with Crippen molar-refractivity contribution in [1.29, 1.82) is 0 Å². The van der Waals surface area contributed by atoms with E-state index >= 15 is 0 Å². The van der Waals surface area contributed by atoms with E-state index in [0.29, 0.717) is 23.3 Å². The van der Waals surface area contributed by atoms with Crippen LogP contribution in [0.3, 0.4) is 0 Å². The lowest BCUT2D eigenvalue weighted by molar-refractivity contribution is 1.07. The van der Waals surface area contributed by atoms with E-state index in [2.05, 4.69) is 168 Å². The van der Waals surface area contributed by atoms with Crippen molar-refractivity contribution >= 4 is 53.4 Å². The summed E-state index contributed by atoms with van der Waals surface area (Å²) < 4.78 is 4.57. The standard InChI is InChI=1S/C55H34N6S/c1-4-16-35(17-5-1)36-28-30-39(31-29-36)53-58-52(38-20-8-3-9-21-38)59-54(60-53)40-32-33-47(61-45-25-13-10-22-41(45)42-23-11-14-26-46(42)61)44(34-40)55-56-49(37-18-6-2-7-19-37)51-50(57-55)43-24-12-15-27-48(43)62-51/h1-34H. The smallest absolute Gasteiger partial charge is 0.164 e. The van der Waals surface area contributed by atoms with Crippen molar-refractivity contribution < 1.29 is 0 Å². The second kappa shape index (κ2) is 14.9. The van der Waals surface area contributed by atoms with Gasteiger partial charge in [-0.25, -0.2) is 24.9 Å². The van der Waals surface area contributed by atoms with Crippen molar-refractivity contribution in [3.8, 4) is 73.6 Å². The Labute approximate surface area is 361 Å². The molecule has 12 rings (SSSR count). The van der Waals surface area contributed by atoms with Crippen LogP contribution in [-0.2, 0) is 0 Å². The van der Waals surface area contributed by atoms with Gasteiger partial charge in [-0.15, -0.1) is 11.3 Å². The molecule has 4 heterocycles. The second-order valence-corrected chi connectivity index (χ2v) is 16.3. The third-order valence-corrected chi connectivity index (χ3v) is 12.7. The lowest BCUT2D eigenvalue weighted by Crippen LogP contribution is -2.03. The summed E-state index contributed by atoms with van der Waals surface area (Å²) >= 11 is 1.73. The highest BCUT2D eigenvalue weighted by Crippen LogP contribution is 2.42. The summed E-state index contributed by atoms with van der Waals surface area (Å²) in [6.07, 6.45) is 0. The molecule has 0 bridgehead atoms. The second-order valence-electron chi connectivity index (χ2n) is 15.3. The van der Waals surface area contributed by atoms with Crippen LogP contribution in [0.2, 0.25) is 0 Å². The van der Waals surface area contributed by atoms with E-state index in [1.165, 1.54) is 15.5 Å². The lowest BCUT2D eigenvalue weighted by Gasteiger charge is -2.16. The Hall–Kier alpha value is -8.13. The Balaban J connectivity index is 1.12. The van der Waals surface area contributed by atoms with E-state index in [1.54, 1.807) is 11.3 Å². The van der Waals surface area contributed by atoms with Gasteiger partial charge in [0.25, 0.3) is 0 Å². The van der Waals surface area contributed by atoms with Crippen LogP contribution < -0.4 is 0 Å². The predicted molar refractivity (Wildman–Crippen MR) is 255 cm³/mol. The minimum atomic E-state index is 0.557. The Morgan fingerprint density at radius 2 is 0.806 bits per heavy atom. The number of aromatic nitrogens is 6. The summed E-state index contributed by atoms with van der Waals surface area (Å²) in [5.41, 5.74) is 11.8. The molecule has 7 heteroatoms. The minimum Gasteiger partial charge on any atom is -0.309 e. The first-order valence-electron chi connectivity index (χ1n) is 20.6. The zero-order chi connectivity index (χ0) is 41.0. The topological polar surface area (TPSA) is 69.4 Å². The molecule has 0 atom stereocenters. The van der Waals surface area contributed by atoms with E-state index in [1.807, 2.05) is 42.5 Å². The molecule has 0 aliphatic rings. The van der Waals surface area contributed by atoms with Gasteiger partial charge >= 0.3 is 0 Å². The van der Waals surface area contributed by atoms with Gasteiger partial charge in [0.05, 0.1) is 32.6 Å². The van der Waals surface area contributed by atoms with Gasteiger partial charge in [-0.2, -0.15) is 0 Å². The minimum absolute atomic E-state index is 0.557. The molecular weight excluding hydrogens is 777 g/mol. The Bertz CT molecular complexity index is 3560. The van der Waals surface area contributed by atoms with Crippen LogP contribution in [-0.4, -0.2) is 29.5 Å². The third kappa shape index (κ3) is 6.14. The lowest BCUT2D eigenvalue weighted by atomic mass is 10.0. The van der Waals surface area contributed by atoms with Gasteiger partial charge in [-0.05, 0) is 47.5 Å². The molecule has 0 saturated heterocycles. The molecule has 0 saturated carbocycles. The molecule has 62 heavy (non-hydrogen) atoms. The monoisotopic (exact) mass is 810 g/mol. The van der Waals surface area contributed by atoms with Gasteiger partial charge in [0.1, 0.15) is 0 Å². The molecule has 0 fully saturated rings. The molecular formula is C55H34N6S. The van der Waals surface area contributed by atoms with Crippen molar-refractivity contribution in [3.05, 3.63) is 206 Å². The molecule has 0 aliphatic carbocycles. The van der Waals surface area contributed by atoms with Crippen molar-refractivity contribution in [2.24, 2.45) is 0 Å². The van der Waals surface area contributed by atoms with Crippen LogP contribution in [0.25, 0.3) is 116 Å². The molecule has 0 amide bonds. The Morgan fingerprint density at radius 3 is 1.45 bits per heavy atom. The van der Waals surface area contributed by atoms with Crippen LogP contribution in [0, 0.1) is 0 Å². The predicted octanol–water partition coefficient (Wildman–Crippen LogP) is 14.1. The number of para-hydroxylation sites is 2. The fraction of sp³-hybridized carbons (Fsp3) is 0. The van der Waals surface area contributed by atoms with E-state index in [4.69, 9.17) is 24.9 Å². The summed E-state index contributed by atoms with van der Waals surface area (Å²) in [6.45, 7) is 0. The number of hydrogen-bond acceptors (Lipinski definition) is 6. The van der Waals surface area contributed by atoms with Crippen LogP contribution in [0.4, 0.5) is 0 Å². The van der Waals surface area contributed by atoms with Gasteiger partial charge in [0.15, 0.2) is 23.3 Å². The summed E-state index contributed by atoms with van der Waals surface area (Å²) in [4.78, 5) is 26.4. The summed E-state index contributed by atoms with van der Waals surface area (Å²) in [5, 5.41) is 3.46. The number of nitrogens with zero attached hydrogens (tertiary/aromatic N) is 6. The largest absolute Gasteiger partial charge is 0.309 e. The molecule has 0 spiro atoms. The van der Waals surface area contributed by atoms with Crippen LogP contribution in [0.1, 0.15) is 0 Å². The Kier molecular flexibility index (Phi) is 8.57. The van der Waals surface area contributed by atoms with Crippen molar-refractivity contribution in [2.45, 2.75) is 0 Å². The normalized spacial score (nSPS) is 11.5. The highest BCUT2D eigenvalue weighted by atomic mass is 32.1. The molecule has 0 aliphatic heterocycles. The average molecular weight is 811 g/mol. The van der Waals surface area contributed by atoms with Crippen molar-refractivity contribution in [1.82, 2.24) is 29.5 Å². The van der Waals surface area contributed by atoms with Gasteiger partial charge in [-0.3, -0.25) is 0 Å². The SMILES string of the molecule is c1ccc(-c2ccc(-c3nc(-c4ccccc4)nc(-c4ccc(-n5c6ccccc6c6ccccc65)c(-c5nc(-c6ccccc6)c6sc7ccccc7c6n5)c4)n3)cc2)cc1. The van der Waals surface area contributed by atoms with Gasteiger partial charge in [-0.1, -0.05) is 170 Å². The highest BCUT2D eigenvalue weighted by Gasteiger charge is 2.23. The molecule has 0 N–H and O–H groups in total. The van der Waals surface area contributed by atoms with Crippen molar-refractivity contribution in [2.75, 3.05) is 0 Å². The first-order valence-corrected chi connectivity index (χ1v) is 21.4. The first-order chi connectivity index (χ1) is 30.7. The molecule has 290 valence electrons. The molecule has 6 nitrogen and oxygen atoms in total. The van der Waals surface area contributed by atoms with Crippen molar-refractivity contribution in [3.63, 3.8) is 0 Å².